The van der Waals surface area contributed by atoms with Gasteiger partial charge in [0.15, 0.2) is 0 Å². The Morgan fingerprint density at radius 3 is 3.05 bits per heavy atom. The predicted octanol–water partition coefficient (Wildman–Crippen LogP) is 2.27. The number of hydrogen-bond acceptors (Lipinski definition) is 3. The Bertz CT molecular complexity index is 459. The van der Waals surface area contributed by atoms with Crippen molar-refractivity contribution in [3.8, 4) is 6.07 Å². The molecule has 4 heteroatoms. The van der Waals surface area contributed by atoms with Gasteiger partial charge in [0, 0.05) is 18.2 Å². The molecule has 1 aromatic carbocycles. The number of benzene rings is 1. The van der Waals surface area contributed by atoms with E-state index in [-0.39, 0.29) is 5.82 Å². The summed E-state index contributed by atoms with van der Waals surface area (Å²) in [6.07, 6.45) is 3.40. The second-order valence-corrected chi connectivity index (χ2v) is 5.17. The minimum Gasteiger partial charge on any atom is -0.317 e. The van der Waals surface area contributed by atoms with Crippen LogP contribution in [0.2, 0.25) is 0 Å². The van der Waals surface area contributed by atoms with Crippen molar-refractivity contribution in [1.82, 2.24) is 10.2 Å². The van der Waals surface area contributed by atoms with Gasteiger partial charge in [0.05, 0.1) is 11.6 Å². The zero-order chi connectivity index (χ0) is 13.7. The SMILES string of the molecule is CN(Cc1cc(C#N)ccc1F)C1CCCNCC1. The third-order valence-electron chi connectivity index (χ3n) is 3.76. The Labute approximate surface area is 114 Å². The molecule has 0 spiro atoms. The average molecular weight is 261 g/mol. The number of rotatable bonds is 3. The summed E-state index contributed by atoms with van der Waals surface area (Å²) in [6, 6.07) is 7.11. The molecule has 1 unspecified atom stereocenters. The van der Waals surface area contributed by atoms with Crippen LogP contribution in [-0.2, 0) is 6.54 Å². The number of nitrogens with zero attached hydrogens (tertiary/aromatic N) is 2. The molecule has 1 heterocycles. The van der Waals surface area contributed by atoms with E-state index in [4.69, 9.17) is 5.26 Å². The predicted molar refractivity (Wildman–Crippen MR) is 73.1 cm³/mol. The molecule has 0 aliphatic carbocycles. The molecule has 1 saturated heterocycles. The quantitative estimate of drug-likeness (QED) is 0.907. The smallest absolute Gasteiger partial charge is 0.127 e. The van der Waals surface area contributed by atoms with Gasteiger partial charge >= 0.3 is 0 Å². The van der Waals surface area contributed by atoms with Crippen LogP contribution < -0.4 is 5.32 Å². The van der Waals surface area contributed by atoms with E-state index in [1.54, 1.807) is 6.07 Å². The van der Waals surface area contributed by atoms with E-state index in [2.05, 4.69) is 16.3 Å². The van der Waals surface area contributed by atoms with Crippen LogP contribution in [-0.4, -0.2) is 31.1 Å². The number of hydrogen-bond donors (Lipinski definition) is 1. The normalized spacial score (nSPS) is 20.0. The van der Waals surface area contributed by atoms with Crippen molar-refractivity contribution in [2.75, 3.05) is 20.1 Å². The Kier molecular flexibility index (Phi) is 4.89. The lowest BCUT2D eigenvalue weighted by Crippen LogP contribution is -2.32. The standard InChI is InChI=1S/C15H20FN3/c1-19(14-3-2-7-18-8-6-14)11-13-9-12(10-17)4-5-15(13)16/h4-5,9,14,18H,2-3,6-8,11H2,1H3. The van der Waals surface area contributed by atoms with Crippen molar-refractivity contribution in [2.45, 2.75) is 31.8 Å². The number of halogens is 1. The first kappa shape index (κ1) is 14.0. The molecule has 0 radical (unpaired) electrons. The van der Waals surface area contributed by atoms with Crippen molar-refractivity contribution >= 4 is 0 Å². The first-order chi connectivity index (χ1) is 9.20. The molecule has 19 heavy (non-hydrogen) atoms. The molecule has 1 aromatic rings. The molecule has 2 rings (SSSR count). The lowest BCUT2D eigenvalue weighted by atomic mass is 10.1. The summed E-state index contributed by atoms with van der Waals surface area (Å²) < 4.78 is 13.8. The zero-order valence-electron chi connectivity index (χ0n) is 11.3. The van der Waals surface area contributed by atoms with Crippen LogP contribution in [0, 0.1) is 17.1 Å². The summed E-state index contributed by atoms with van der Waals surface area (Å²) in [7, 11) is 2.04. The Hall–Kier alpha value is -1.44. The summed E-state index contributed by atoms with van der Waals surface area (Å²) in [5.41, 5.74) is 1.13. The molecule has 3 nitrogen and oxygen atoms in total. The van der Waals surface area contributed by atoms with E-state index in [1.807, 2.05) is 7.05 Å². The molecule has 1 aliphatic rings. The molecule has 1 aliphatic heterocycles. The molecule has 1 fully saturated rings. The van der Waals surface area contributed by atoms with Crippen LogP contribution in [0.15, 0.2) is 18.2 Å². The Morgan fingerprint density at radius 1 is 1.42 bits per heavy atom. The van der Waals surface area contributed by atoms with Gasteiger partial charge in [-0.25, -0.2) is 4.39 Å². The highest BCUT2D eigenvalue weighted by Crippen LogP contribution is 2.17. The van der Waals surface area contributed by atoms with E-state index in [0.717, 1.165) is 32.4 Å². The fourth-order valence-corrected chi connectivity index (χ4v) is 2.60. The van der Waals surface area contributed by atoms with Gasteiger partial charge in [0.25, 0.3) is 0 Å². The topological polar surface area (TPSA) is 39.1 Å². The van der Waals surface area contributed by atoms with Crippen LogP contribution in [0.1, 0.15) is 30.4 Å². The number of nitriles is 1. The van der Waals surface area contributed by atoms with E-state index >= 15 is 0 Å². The maximum absolute atomic E-state index is 13.8. The van der Waals surface area contributed by atoms with Crippen LogP contribution in [0.3, 0.4) is 0 Å². The molecule has 102 valence electrons. The van der Waals surface area contributed by atoms with Crippen molar-refractivity contribution in [3.63, 3.8) is 0 Å². The molecule has 0 amide bonds. The van der Waals surface area contributed by atoms with Gasteiger partial charge in [-0.05, 0) is 57.6 Å². The monoisotopic (exact) mass is 261 g/mol. The molecule has 1 atom stereocenters. The maximum atomic E-state index is 13.8. The lowest BCUT2D eigenvalue weighted by Gasteiger charge is -2.27. The summed E-state index contributed by atoms with van der Waals surface area (Å²) >= 11 is 0. The Balaban J connectivity index is 2.05. The number of nitrogens with one attached hydrogen (secondary N) is 1. The zero-order valence-corrected chi connectivity index (χ0v) is 11.3. The molecule has 1 N–H and O–H groups in total. The van der Waals surface area contributed by atoms with Crippen LogP contribution in [0.4, 0.5) is 4.39 Å². The average Bonchev–Trinajstić information content (AvgIpc) is 2.70. The van der Waals surface area contributed by atoms with E-state index < -0.39 is 0 Å². The minimum atomic E-state index is -0.224. The highest BCUT2D eigenvalue weighted by Gasteiger charge is 2.18. The second kappa shape index (κ2) is 6.65. The third-order valence-corrected chi connectivity index (χ3v) is 3.76. The summed E-state index contributed by atoms with van der Waals surface area (Å²) in [5, 5.41) is 12.3. The Morgan fingerprint density at radius 2 is 2.26 bits per heavy atom. The van der Waals surface area contributed by atoms with Gasteiger partial charge in [0.2, 0.25) is 0 Å². The summed E-state index contributed by atoms with van der Waals surface area (Å²) in [5.74, 6) is -0.224. The summed E-state index contributed by atoms with van der Waals surface area (Å²) in [4.78, 5) is 2.20. The molecular formula is C15H20FN3. The van der Waals surface area contributed by atoms with Gasteiger partial charge in [-0.1, -0.05) is 0 Å². The second-order valence-electron chi connectivity index (χ2n) is 5.17. The van der Waals surface area contributed by atoms with Gasteiger partial charge in [-0.15, -0.1) is 0 Å². The lowest BCUT2D eigenvalue weighted by molar-refractivity contribution is 0.214. The molecule has 0 aromatic heterocycles. The molecule has 0 bridgehead atoms. The van der Waals surface area contributed by atoms with Gasteiger partial charge in [0.1, 0.15) is 5.82 Å². The van der Waals surface area contributed by atoms with Crippen LogP contribution in [0.25, 0.3) is 0 Å². The van der Waals surface area contributed by atoms with Crippen LogP contribution >= 0.6 is 0 Å². The van der Waals surface area contributed by atoms with Crippen molar-refractivity contribution in [2.24, 2.45) is 0 Å². The highest BCUT2D eigenvalue weighted by atomic mass is 19.1. The minimum absolute atomic E-state index is 0.224. The van der Waals surface area contributed by atoms with Crippen LogP contribution in [0.5, 0.6) is 0 Å². The first-order valence-electron chi connectivity index (χ1n) is 6.80. The van der Waals surface area contributed by atoms with Crippen molar-refractivity contribution in [3.05, 3.63) is 35.1 Å². The highest BCUT2D eigenvalue weighted by molar-refractivity contribution is 5.33. The van der Waals surface area contributed by atoms with Gasteiger partial charge in [-0.2, -0.15) is 5.26 Å². The molecule has 0 saturated carbocycles. The fraction of sp³-hybridized carbons (Fsp3) is 0.533. The fourth-order valence-electron chi connectivity index (χ4n) is 2.60. The largest absolute Gasteiger partial charge is 0.317 e. The summed E-state index contributed by atoms with van der Waals surface area (Å²) in [6.45, 7) is 2.66. The maximum Gasteiger partial charge on any atom is 0.127 e. The van der Waals surface area contributed by atoms with Gasteiger partial charge < -0.3 is 5.32 Å². The third kappa shape index (κ3) is 3.76. The van der Waals surface area contributed by atoms with Crippen molar-refractivity contribution in [1.29, 1.82) is 5.26 Å². The van der Waals surface area contributed by atoms with E-state index in [0.29, 0.717) is 23.7 Å². The van der Waals surface area contributed by atoms with Crippen molar-refractivity contribution < 1.29 is 4.39 Å². The molecular weight excluding hydrogens is 241 g/mol. The van der Waals surface area contributed by atoms with E-state index in [9.17, 15) is 4.39 Å². The first-order valence-corrected chi connectivity index (χ1v) is 6.80. The van der Waals surface area contributed by atoms with E-state index in [1.165, 1.54) is 12.1 Å². The van der Waals surface area contributed by atoms with Gasteiger partial charge in [-0.3, -0.25) is 4.90 Å².